The van der Waals surface area contributed by atoms with E-state index in [0.29, 0.717) is 5.56 Å². The number of nitriles is 1. The number of Topliss-reactive ketones (excluding diaryl/α,β-unsaturated/α-hetero) is 1. The van der Waals surface area contributed by atoms with Gasteiger partial charge in [-0.15, -0.1) is 0 Å². The van der Waals surface area contributed by atoms with Gasteiger partial charge in [-0.25, -0.2) is 0 Å². The van der Waals surface area contributed by atoms with Gasteiger partial charge in [0.2, 0.25) is 0 Å². The first-order chi connectivity index (χ1) is 19.0. The minimum atomic E-state index is -1.68. The number of ketones is 1. The Labute approximate surface area is 227 Å². The van der Waals surface area contributed by atoms with Gasteiger partial charge in [-0.3, -0.25) is 14.6 Å². The first kappa shape index (κ1) is 24.6. The van der Waals surface area contributed by atoms with E-state index in [-0.39, 0.29) is 12.4 Å². The van der Waals surface area contributed by atoms with Gasteiger partial charge < -0.3 is 9.64 Å². The maximum Gasteiger partial charge on any atom is 0.329 e. The summed E-state index contributed by atoms with van der Waals surface area (Å²) in [5.41, 5.74) is 2.96. The highest BCUT2D eigenvalue weighted by atomic mass is 16.5. The fourth-order valence-corrected chi connectivity index (χ4v) is 6.20. The highest BCUT2D eigenvalue weighted by Gasteiger charge is 2.67. The topological polar surface area (TPSA) is 83.3 Å². The number of aromatic nitrogens is 1. The molecule has 192 valence electrons. The molecule has 6 rings (SSSR count). The number of carbonyl (C=O) groups excluding carboxylic acids is 2. The number of benzene rings is 3. The molecule has 0 bridgehead atoms. The summed E-state index contributed by atoms with van der Waals surface area (Å²) >= 11 is 0. The van der Waals surface area contributed by atoms with Crippen LogP contribution >= 0.6 is 0 Å². The van der Waals surface area contributed by atoms with Crippen molar-refractivity contribution in [2.24, 2.45) is 5.41 Å². The van der Waals surface area contributed by atoms with E-state index in [1.54, 1.807) is 25.3 Å². The van der Waals surface area contributed by atoms with Crippen molar-refractivity contribution < 1.29 is 14.3 Å². The molecule has 2 aliphatic rings. The molecular formula is C33H27N3O3. The fourth-order valence-electron chi connectivity index (χ4n) is 6.20. The number of carbonyl (C=O) groups is 2. The molecule has 3 aromatic carbocycles. The summed E-state index contributed by atoms with van der Waals surface area (Å²) in [4.78, 5) is 35.1. The Morgan fingerprint density at radius 3 is 2.51 bits per heavy atom. The predicted molar refractivity (Wildman–Crippen MR) is 150 cm³/mol. The lowest BCUT2D eigenvalue weighted by atomic mass is 9.68. The zero-order valence-corrected chi connectivity index (χ0v) is 21.7. The minimum Gasteiger partial charge on any atom is -0.465 e. The van der Waals surface area contributed by atoms with Gasteiger partial charge in [0.25, 0.3) is 0 Å². The minimum absolute atomic E-state index is 0.123. The molecule has 0 amide bonds. The van der Waals surface area contributed by atoms with Crippen LogP contribution in [0, 0.1) is 23.7 Å². The number of hydrogen-bond acceptors (Lipinski definition) is 6. The maximum absolute atomic E-state index is 14.5. The van der Waals surface area contributed by atoms with E-state index < -0.39 is 29.4 Å². The number of anilines is 1. The van der Waals surface area contributed by atoms with Crippen LogP contribution in [0.15, 0.2) is 91.1 Å². The van der Waals surface area contributed by atoms with Crippen LogP contribution in [0.25, 0.3) is 17.0 Å². The molecule has 0 radical (unpaired) electrons. The average Bonchev–Trinajstić information content (AvgIpc) is 3.29. The number of ether oxygens (including phenoxy) is 1. The molecular weight excluding hydrogens is 486 g/mol. The molecule has 4 aromatic rings. The van der Waals surface area contributed by atoms with Crippen molar-refractivity contribution in [1.29, 1.82) is 5.26 Å². The molecule has 0 saturated carbocycles. The lowest BCUT2D eigenvalue weighted by Crippen LogP contribution is -2.47. The van der Waals surface area contributed by atoms with Gasteiger partial charge in [-0.2, -0.15) is 5.26 Å². The molecule has 3 heterocycles. The largest absolute Gasteiger partial charge is 0.465 e. The first-order valence-corrected chi connectivity index (χ1v) is 13.1. The summed E-state index contributed by atoms with van der Waals surface area (Å²) in [6.07, 6.45) is 5.52. The maximum atomic E-state index is 14.5. The second kappa shape index (κ2) is 9.52. The summed E-state index contributed by atoms with van der Waals surface area (Å²) in [5, 5.41) is 11.8. The van der Waals surface area contributed by atoms with Gasteiger partial charge in [0, 0.05) is 23.1 Å². The Kier molecular flexibility index (Phi) is 6.00. The van der Waals surface area contributed by atoms with Crippen LogP contribution < -0.4 is 4.90 Å². The van der Waals surface area contributed by atoms with Crippen LogP contribution in [0.1, 0.15) is 39.9 Å². The monoisotopic (exact) mass is 513 g/mol. The first-order valence-electron chi connectivity index (χ1n) is 13.1. The smallest absolute Gasteiger partial charge is 0.329 e. The molecule has 39 heavy (non-hydrogen) atoms. The lowest BCUT2D eigenvalue weighted by molar-refractivity contribution is -0.152. The zero-order chi connectivity index (χ0) is 27.1. The Morgan fingerprint density at radius 1 is 1.03 bits per heavy atom. The van der Waals surface area contributed by atoms with E-state index in [1.165, 1.54) is 0 Å². The van der Waals surface area contributed by atoms with E-state index in [1.807, 2.05) is 90.7 Å². The zero-order valence-electron chi connectivity index (χ0n) is 21.7. The molecule has 1 fully saturated rings. The number of nitrogens with zero attached hydrogens (tertiary/aromatic N) is 3. The molecule has 6 heteroatoms. The number of aryl methyl sites for hydroxylation is 1. The molecule has 6 nitrogen and oxygen atoms in total. The number of hydrogen-bond donors (Lipinski definition) is 0. The molecule has 0 aliphatic carbocycles. The summed E-state index contributed by atoms with van der Waals surface area (Å²) in [5.74, 6) is -1.59. The van der Waals surface area contributed by atoms with Gasteiger partial charge in [-0.05, 0) is 31.0 Å². The molecule has 0 N–H and O–H groups in total. The van der Waals surface area contributed by atoms with Crippen LogP contribution in [0.3, 0.4) is 0 Å². The Balaban J connectivity index is 1.69. The van der Waals surface area contributed by atoms with Crippen LogP contribution in [-0.4, -0.2) is 35.4 Å². The Morgan fingerprint density at radius 2 is 1.79 bits per heavy atom. The summed E-state index contributed by atoms with van der Waals surface area (Å²) < 4.78 is 5.60. The molecule has 0 unspecified atom stereocenters. The highest BCUT2D eigenvalue weighted by molar-refractivity contribution is 6.08. The molecule has 4 atom stereocenters. The third kappa shape index (κ3) is 3.65. The van der Waals surface area contributed by atoms with Crippen molar-refractivity contribution in [2.45, 2.75) is 31.8 Å². The number of fused-ring (bicyclic) bond motifs is 5. The van der Waals surface area contributed by atoms with Gasteiger partial charge >= 0.3 is 5.97 Å². The third-order valence-electron chi connectivity index (χ3n) is 7.93. The second-order valence-corrected chi connectivity index (χ2v) is 10.1. The van der Waals surface area contributed by atoms with Crippen molar-refractivity contribution in [1.82, 2.24) is 4.98 Å². The van der Waals surface area contributed by atoms with Crippen molar-refractivity contribution in [2.75, 3.05) is 11.5 Å². The fraction of sp³-hybridized carbons (Fsp3) is 0.212. The second-order valence-electron chi connectivity index (χ2n) is 10.1. The number of rotatable bonds is 5. The van der Waals surface area contributed by atoms with E-state index in [4.69, 9.17) is 9.72 Å². The van der Waals surface area contributed by atoms with E-state index in [9.17, 15) is 14.9 Å². The van der Waals surface area contributed by atoms with E-state index >= 15 is 0 Å². The van der Waals surface area contributed by atoms with Crippen LogP contribution in [0.4, 0.5) is 5.69 Å². The molecule has 0 spiro atoms. The van der Waals surface area contributed by atoms with Crippen LogP contribution in [0.2, 0.25) is 0 Å². The Bertz CT molecular complexity index is 1660. The summed E-state index contributed by atoms with van der Waals surface area (Å²) in [7, 11) is 0. The van der Waals surface area contributed by atoms with Crippen molar-refractivity contribution in [3.05, 3.63) is 113 Å². The quantitative estimate of drug-likeness (QED) is 0.245. The van der Waals surface area contributed by atoms with Crippen molar-refractivity contribution in [3.8, 4) is 6.07 Å². The predicted octanol–water partition coefficient (Wildman–Crippen LogP) is 5.87. The van der Waals surface area contributed by atoms with Crippen molar-refractivity contribution in [3.63, 3.8) is 0 Å². The molecule has 1 saturated heterocycles. The van der Waals surface area contributed by atoms with Gasteiger partial charge in [0.15, 0.2) is 11.2 Å². The molecule has 1 aromatic heterocycles. The summed E-state index contributed by atoms with van der Waals surface area (Å²) in [6.45, 7) is 3.83. The van der Waals surface area contributed by atoms with Crippen LogP contribution in [-0.2, 0) is 9.53 Å². The van der Waals surface area contributed by atoms with Crippen LogP contribution in [0.5, 0.6) is 0 Å². The third-order valence-corrected chi connectivity index (χ3v) is 7.93. The standard InChI is InChI=1S/C33H27N3O3/c1-3-39-32(38)33(20-34)26-18-17-24-16-15-23-10-7-19-35-28(23)29(24)36(26)30(31(37)25-8-5-4-6-9-25)27(33)22-13-11-21(2)12-14-22/h4-19,26-27,30H,3H2,1-2H3/t26-,27-,30+,33-/m1/s1. The SMILES string of the molecule is CCOC(=O)[C@@]1(C#N)[C@H](c2ccc(C)cc2)[C@@H](C(=O)c2ccccc2)N2c3c(ccc4cccnc34)C=C[C@@H]21. The molecule has 2 aliphatic heterocycles. The average molecular weight is 514 g/mol. The number of pyridine rings is 1. The van der Waals surface area contributed by atoms with E-state index in [2.05, 4.69) is 6.07 Å². The number of esters is 1. The van der Waals surface area contributed by atoms with Gasteiger partial charge in [0.1, 0.15) is 6.04 Å². The Hall–Kier alpha value is -4.76. The normalized spacial score (nSPS) is 23.1. The van der Waals surface area contributed by atoms with Gasteiger partial charge in [-0.1, -0.05) is 90.5 Å². The lowest BCUT2D eigenvalue weighted by Gasteiger charge is -2.36. The van der Waals surface area contributed by atoms with E-state index in [0.717, 1.165) is 33.3 Å². The van der Waals surface area contributed by atoms with Gasteiger partial charge in [0.05, 0.1) is 29.9 Å². The summed E-state index contributed by atoms with van der Waals surface area (Å²) in [6, 6.07) is 25.4. The van der Waals surface area contributed by atoms with Crippen molar-refractivity contribution >= 4 is 34.4 Å². The highest BCUT2D eigenvalue weighted by Crippen LogP contribution is 2.57.